The second-order valence-electron chi connectivity index (χ2n) is 3.83. The quantitative estimate of drug-likeness (QED) is 0.705. The molecule has 0 N–H and O–H groups in total. The van der Waals surface area contributed by atoms with Gasteiger partial charge in [0.25, 0.3) is 5.91 Å². The lowest BCUT2D eigenvalue weighted by Gasteiger charge is -2.04. The zero-order valence-corrected chi connectivity index (χ0v) is 9.79. The minimum atomic E-state index is -0.522. The summed E-state index contributed by atoms with van der Waals surface area (Å²) in [4.78, 5) is 15.4. The molecular formula is C15H10N2O. The van der Waals surface area contributed by atoms with Crippen molar-refractivity contribution < 1.29 is 4.79 Å². The van der Waals surface area contributed by atoms with Crippen molar-refractivity contribution in [1.29, 1.82) is 5.26 Å². The van der Waals surface area contributed by atoms with Crippen LogP contribution < -0.4 is 0 Å². The zero-order valence-electron chi connectivity index (χ0n) is 9.79. The van der Waals surface area contributed by atoms with E-state index in [1.54, 1.807) is 12.2 Å². The molecule has 0 fully saturated rings. The summed E-state index contributed by atoms with van der Waals surface area (Å²) in [6.07, 6.45) is 3.18. The summed E-state index contributed by atoms with van der Waals surface area (Å²) in [5, 5.41) is 9.03. The minimum absolute atomic E-state index is 0.0351. The van der Waals surface area contributed by atoms with Crippen LogP contribution in [0.4, 0.5) is 0 Å². The van der Waals surface area contributed by atoms with Crippen molar-refractivity contribution in [3.05, 3.63) is 71.9 Å². The Hall–Kier alpha value is -2.73. The lowest BCUT2D eigenvalue weighted by Crippen LogP contribution is -1.96. The highest BCUT2D eigenvalue weighted by molar-refractivity contribution is 6.33. The Bertz CT molecular complexity index is 676. The number of nitriles is 1. The molecule has 0 unspecified atom stereocenters. The molecule has 1 amide bonds. The van der Waals surface area contributed by atoms with Crippen molar-refractivity contribution in [2.45, 2.75) is 0 Å². The normalized spacial score (nSPS) is 17.6. The first kappa shape index (κ1) is 11.7. The van der Waals surface area contributed by atoms with Gasteiger partial charge in [-0.25, -0.2) is 4.99 Å². The van der Waals surface area contributed by atoms with Gasteiger partial charge in [0, 0.05) is 11.1 Å². The number of nitrogens with zero attached hydrogens (tertiary/aromatic N) is 2. The summed E-state index contributed by atoms with van der Waals surface area (Å²) in [7, 11) is 0. The summed E-state index contributed by atoms with van der Waals surface area (Å²) in [5.41, 5.74) is 3.67. The van der Waals surface area contributed by atoms with Crippen LogP contribution in [0.25, 0.3) is 0 Å². The molecule has 0 atom stereocenters. The second-order valence-corrected chi connectivity index (χ2v) is 3.83. The molecule has 1 aliphatic heterocycles. The van der Waals surface area contributed by atoms with Crippen LogP contribution in [0.1, 0.15) is 0 Å². The number of carbonyl (C=O) groups excluding carboxylic acids is 1. The van der Waals surface area contributed by atoms with Crippen LogP contribution in [0, 0.1) is 11.3 Å². The lowest BCUT2D eigenvalue weighted by atomic mass is 9.99. The fourth-order valence-electron chi connectivity index (χ4n) is 2.10. The highest BCUT2D eigenvalue weighted by atomic mass is 16.1. The van der Waals surface area contributed by atoms with Crippen LogP contribution in [0.2, 0.25) is 0 Å². The summed E-state index contributed by atoms with van der Waals surface area (Å²) in [6.45, 7) is 15.2. The number of rotatable bonds is 3. The molecule has 3 heteroatoms. The Morgan fingerprint density at radius 1 is 1.39 bits per heavy atom. The smallest absolute Gasteiger partial charge is 0.266 e. The first-order valence-corrected chi connectivity index (χ1v) is 5.23. The molecule has 1 heterocycles. The number of allylic oxidation sites excluding steroid dienone is 7. The fraction of sp³-hybridized carbons (Fsp3) is 0. The third kappa shape index (κ3) is 1.30. The van der Waals surface area contributed by atoms with E-state index in [2.05, 4.69) is 31.3 Å². The minimum Gasteiger partial charge on any atom is -0.266 e. The average Bonchev–Trinajstić information content (AvgIpc) is 2.82. The highest BCUT2D eigenvalue weighted by Gasteiger charge is 2.37. The molecule has 1 aliphatic carbocycles. The van der Waals surface area contributed by atoms with Crippen LogP contribution in [0.3, 0.4) is 0 Å². The molecule has 0 bridgehead atoms. The molecule has 0 saturated heterocycles. The largest absolute Gasteiger partial charge is 0.288 e. The summed E-state index contributed by atoms with van der Waals surface area (Å²) in [6, 6.07) is 1.88. The van der Waals surface area contributed by atoms with Crippen LogP contribution in [-0.2, 0) is 4.79 Å². The molecule has 2 aliphatic rings. The van der Waals surface area contributed by atoms with Crippen molar-refractivity contribution >= 4 is 11.6 Å². The Morgan fingerprint density at radius 2 is 2.06 bits per heavy atom. The van der Waals surface area contributed by atoms with Gasteiger partial charge >= 0.3 is 0 Å². The SMILES string of the molecule is C=CC(=C)C1=C(C=C)C2=C(C#N)C(=O)N=C2C1=C. The van der Waals surface area contributed by atoms with Crippen LogP contribution in [-0.4, -0.2) is 11.6 Å². The number of aliphatic imine (C=N–C) groups is 1. The summed E-state index contributed by atoms with van der Waals surface area (Å²) in [5.74, 6) is -0.522. The van der Waals surface area contributed by atoms with Crippen molar-refractivity contribution in [2.24, 2.45) is 4.99 Å². The maximum atomic E-state index is 11.6. The van der Waals surface area contributed by atoms with Crippen LogP contribution in [0.15, 0.2) is 76.9 Å². The monoisotopic (exact) mass is 234 g/mol. The Balaban J connectivity index is 2.82. The molecule has 86 valence electrons. The first-order valence-electron chi connectivity index (χ1n) is 5.23. The fourth-order valence-corrected chi connectivity index (χ4v) is 2.10. The van der Waals surface area contributed by atoms with Crippen LogP contribution in [0.5, 0.6) is 0 Å². The lowest BCUT2D eigenvalue weighted by molar-refractivity contribution is -0.113. The van der Waals surface area contributed by atoms with Gasteiger partial charge in [-0.05, 0) is 16.7 Å². The van der Waals surface area contributed by atoms with Crippen molar-refractivity contribution in [2.75, 3.05) is 0 Å². The second kappa shape index (κ2) is 3.94. The van der Waals surface area contributed by atoms with E-state index in [1.165, 1.54) is 0 Å². The molecule has 2 rings (SSSR count). The Morgan fingerprint density at radius 3 is 2.56 bits per heavy atom. The number of carbonyl (C=O) groups is 1. The van der Waals surface area contributed by atoms with E-state index < -0.39 is 5.91 Å². The number of fused-ring (bicyclic) bond motifs is 1. The van der Waals surface area contributed by atoms with E-state index in [0.29, 0.717) is 28.0 Å². The summed E-state index contributed by atoms with van der Waals surface area (Å²) < 4.78 is 0. The maximum Gasteiger partial charge on any atom is 0.288 e. The predicted molar refractivity (Wildman–Crippen MR) is 70.8 cm³/mol. The topological polar surface area (TPSA) is 53.2 Å². The highest BCUT2D eigenvalue weighted by Crippen LogP contribution is 2.41. The van der Waals surface area contributed by atoms with E-state index in [1.807, 2.05) is 6.07 Å². The molecule has 0 aromatic heterocycles. The molecule has 0 radical (unpaired) electrons. The van der Waals surface area contributed by atoms with Gasteiger partial charge < -0.3 is 0 Å². The molecular weight excluding hydrogens is 224 g/mol. The number of hydrogen-bond donors (Lipinski definition) is 0. The van der Waals surface area contributed by atoms with Crippen molar-refractivity contribution in [1.82, 2.24) is 0 Å². The molecule has 0 aromatic carbocycles. The van der Waals surface area contributed by atoms with Crippen LogP contribution >= 0.6 is 0 Å². The van der Waals surface area contributed by atoms with Gasteiger partial charge in [0.2, 0.25) is 0 Å². The molecule has 0 spiro atoms. The molecule has 3 nitrogen and oxygen atoms in total. The third-order valence-electron chi connectivity index (χ3n) is 2.92. The van der Waals surface area contributed by atoms with E-state index >= 15 is 0 Å². The third-order valence-corrected chi connectivity index (χ3v) is 2.92. The van der Waals surface area contributed by atoms with Crippen molar-refractivity contribution in [3.8, 4) is 6.07 Å². The maximum absolute atomic E-state index is 11.6. The average molecular weight is 234 g/mol. The van der Waals surface area contributed by atoms with E-state index in [0.717, 1.165) is 5.57 Å². The van der Waals surface area contributed by atoms with Gasteiger partial charge in [-0.15, -0.1) is 0 Å². The van der Waals surface area contributed by atoms with Gasteiger partial charge in [0.05, 0.1) is 5.71 Å². The molecule has 0 saturated carbocycles. The van der Waals surface area contributed by atoms with E-state index in [4.69, 9.17) is 5.26 Å². The molecule has 0 aromatic rings. The van der Waals surface area contributed by atoms with Gasteiger partial charge in [0.15, 0.2) is 0 Å². The Kier molecular flexibility index (Phi) is 2.57. The van der Waals surface area contributed by atoms with Crippen molar-refractivity contribution in [3.63, 3.8) is 0 Å². The standard InChI is InChI=1S/C15H10N2O/c1-5-8(3)12-9(4)14-13(10(12)6-2)11(7-16)15(18)17-14/h5-6H,1-4H2. The Labute approximate surface area is 105 Å². The van der Waals surface area contributed by atoms with Gasteiger partial charge in [0.1, 0.15) is 11.6 Å². The van der Waals surface area contributed by atoms with E-state index in [-0.39, 0.29) is 5.57 Å². The number of amides is 1. The number of hydrogen-bond acceptors (Lipinski definition) is 2. The van der Waals surface area contributed by atoms with Gasteiger partial charge in [-0.1, -0.05) is 38.5 Å². The summed E-state index contributed by atoms with van der Waals surface area (Å²) >= 11 is 0. The zero-order chi connectivity index (χ0) is 13.4. The predicted octanol–water partition coefficient (Wildman–Crippen LogP) is 2.58. The first-order chi connectivity index (χ1) is 8.56. The van der Waals surface area contributed by atoms with E-state index in [9.17, 15) is 4.79 Å². The van der Waals surface area contributed by atoms with Gasteiger partial charge in [-0.2, -0.15) is 5.26 Å². The molecule has 18 heavy (non-hydrogen) atoms. The van der Waals surface area contributed by atoms with Gasteiger partial charge in [-0.3, -0.25) is 4.79 Å².